The van der Waals surface area contributed by atoms with Gasteiger partial charge in [-0.3, -0.25) is 4.90 Å². The Bertz CT molecular complexity index is 438. The van der Waals surface area contributed by atoms with Crippen molar-refractivity contribution in [3.63, 3.8) is 0 Å². The summed E-state index contributed by atoms with van der Waals surface area (Å²) in [4.78, 5) is 2.47. The number of hydrogen-bond acceptors (Lipinski definition) is 4. The number of benzene rings is 1. The van der Waals surface area contributed by atoms with Gasteiger partial charge in [-0.25, -0.2) is 0 Å². The molecule has 0 aliphatic carbocycles. The lowest BCUT2D eigenvalue weighted by Crippen LogP contribution is -2.41. The summed E-state index contributed by atoms with van der Waals surface area (Å²) < 4.78 is 0. The van der Waals surface area contributed by atoms with Crippen LogP contribution in [0.3, 0.4) is 0 Å². The third kappa shape index (κ3) is 3.90. The monoisotopic (exact) mass is 293 g/mol. The fourth-order valence-electron chi connectivity index (χ4n) is 2.64. The molecule has 0 spiro atoms. The van der Waals surface area contributed by atoms with Gasteiger partial charge in [0.15, 0.2) is 0 Å². The van der Waals surface area contributed by atoms with Crippen LogP contribution in [0.2, 0.25) is 0 Å². The van der Waals surface area contributed by atoms with Gasteiger partial charge in [-0.05, 0) is 12.0 Å². The van der Waals surface area contributed by atoms with Crippen molar-refractivity contribution < 1.29 is 5.21 Å². The van der Waals surface area contributed by atoms with E-state index in [1.54, 1.807) is 0 Å². The predicted molar refractivity (Wildman–Crippen MR) is 85.3 cm³/mol. The molecule has 1 aromatic rings. The number of thioether (sulfide) groups is 1. The molecule has 0 saturated carbocycles. The molecule has 1 aliphatic rings. The summed E-state index contributed by atoms with van der Waals surface area (Å²) in [5.41, 5.74) is 6.99. The molecule has 1 fully saturated rings. The number of rotatable bonds is 5. The summed E-state index contributed by atoms with van der Waals surface area (Å²) in [5, 5.41) is 12.7. The summed E-state index contributed by atoms with van der Waals surface area (Å²) in [6, 6.07) is 10.6. The van der Waals surface area contributed by atoms with E-state index in [-0.39, 0.29) is 6.04 Å². The van der Waals surface area contributed by atoms with Crippen LogP contribution < -0.4 is 5.73 Å². The van der Waals surface area contributed by atoms with Crippen LogP contribution in [0.25, 0.3) is 0 Å². The smallest absolute Gasteiger partial charge is 0.141 e. The zero-order valence-electron chi connectivity index (χ0n) is 11.9. The second-order valence-corrected chi connectivity index (χ2v) is 6.53. The highest BCUT2D eigenvalue weighted by molar-refractivity contribution is 8.00. The van der Waals surface area contributed by atoms with Crippen LogP contribution in [-0.4, -0.2) is 40.0 Å². The van der Waals surface area contributed by atoms with E-state index in [2.05, 4.69) is 40.9 Å². The van der Waals surface area contributed by atoms with E-state index in [1.807, 2.05) is 18.2 Å². The third-order valence-corrected chi connectivity index (χ3v) is 5.15. The van der Waals surface area contributed by atoms with Crippen LogP contribution in [0.1, 0.15) is 31.4 Å². The molecule has 3 N–H and O–H groups in total. The number of amidine groups is 1. The Hall–Kier alpha value is -1.20. The van der Waals surface area contributed by atoms with Crippen LogP contribution in [-0.2, 0) is 0 Å². The first-order chi connectivity index (χ1) is 9.74. The highest BCUT2D eigenvalue weighted by atomic mass is 32.2. The van der Waals surface area contributed by atoms with Crippen LogP contribution in [0.4, 0.5) is 0 Å². The Balaban J connectivity index is 2.17. The van der Waals surface area contributed by atoms with E-state index in [0.717, 1.165) is 18.8 Å². The summed E-state index contributed by atoms with van der Waals surface area (Å²) in [6.07, 6.45) is 1.76. The average molecular weight is 293 g/mol. The van der Waals surface area contributed by atoms with Crippen LogP contribution in [0, 0.1) is 0 Å². The summed E-state index contributed by atoms with van der Waals surface area (Å²) in [5.74, 6) is 1.45. The van der Waals surface area contributed by atoms with Gasteiger partial charge in [0.25, 0.3) is 0 Å². The van der Waals surface area contributed by atoms with Crippen LogP contribution >= 0.6 is 11.8 Å². The Labute approximate surface area is 125 Å². The summed E-state index contributed by atoms with van der Waals surface area (Å²) >= 11 is 2.05. The molecule has 20 heavy (non-hydrogen) atoms. The quantitative estimate of drug-likeness (QED) is 0.379. The number of oxime groups is 1. The van der Waals surface area contributed by atoms with Crippen molar-refractivity contribution in [2.45, 2.75) is 31.1 Å². The van der Waals surface area contributed by atoms with Crippen molar-refractivity contribution in [1.82, 2.24) is 4.90 Å². The molecule has 2 unspecified atom stereocenters. The molecular weight excluding hydrogens is 270 g/mol. The lowest BCUT2D eigenvalue weighted by atomic mass is 10.0. The average Bonchev–Trinajstić information content (AvgIpc) is 2.53. The maximum Gasteiger partial charge on any atom is 0.141 e. The van der Waals surface area contributed by atoms with E-state index in [0.29, 0.717) is 17.5 Å². The van der Waals surface area contributed by atoms with Gasteiger partial charge in [-0.1, -0.05) is 42.4 Å². The first-order valence-electron chi connectivity index (χ1n) is 7.11. The Kier molecular flexibility index (Phi) is 5.73. The van der Waals surface area contributed by atoms with Gasteiger partial charge < -0.3 is 10.9 Å². The maximum atomic E-state index is 8.87. The fourth-order valence-corrected chi connectivity index (χ4v) is 3.85. The van der Waals surface area contributed by atoms with Crippen molar-refractivity contribution in [3.05, 3.63) is 35.9 Å². The molecule has 110 valence electrons. The van der Waals surface area contributed by atoms with Gasteiger partial charge in [-0.15, -0.1) is 0 Å². The molecule has 0 radical (unpaired) electrons. The molecule has 0 amide bonds. The largest absolute Gasteiger partial charge is 0.409 e. The summed E-state index contributed by atoms with van der Waals surface area (Å²) in [7, 11) is 0. The van der Waals surface area contributed by atoms with E-state index >= 15 is 0 Å². The van der Waals surface area contributed by atoms with Crippen molar-refractivity contribution in [1.29, 1.82) is 0 Å². The van der Waals surface area contributed by atoms with Crippen LogP contribution in [0.15, 0.2) is 35.5 Å². The van der Waals surface area contributed by atoms with Crippen molar-refractivity contribution in [2.24, 2.45) is 10.9 Å². The second-order valence-electron chi connectivity index (χ2n) is 5.12. The van der Waals surface area contributed by atoms with Gasteiger partial charge in [0.1, 0.15) is 5.84 Å². The highest BCUT2D eigenvalue weighted by Crippen LogP contribution is 2.30. The maximum absolute atomic E-state index is 8.87. The van der Waals surface area contributed by atoms with E-state index < -0.39 is 0 Å². The molecular formula is C15H23N3OS. The van der Waals surface area contributed by atoms with Crippen LogP contribution in [0.5, 0.6) is 0 Å². The summed E-state index contributed by atoms with van der Waals surface area (Å²) in [6.45, 7) is 4.36. The highest BCUT2D eigenvalue weighted by Gasteiger charge is 2.27. The molecule has 5 heteroatoms. The molecule has 1 aliphatic heterocycles. The first kappa shape index (κ1) is 15.2. The Morgan fingerprint density at radius 3 is 2.90 bits per heavy atom. The molecule has 1 heterocycles. The zero-order chi connectivity index (χ0) is 14.4. The molecule has 1 saturated heterocycles. The fraction of sp³-hybridized carbons (Fsp3) is 0.533. The first-order valence-corrected chi connectivity index (χ1v) is 8.16. The molecule has 0 aromatic heterocycles. The van der Waals surface area contributed by atoms with Gasteiger partial charge in [-0.2, -0.15) is 11.8 Å². The third-order valence-electron chi connectivity index (χ3n) is 3.78. The molecule has 2 atom stereocenters. The van der Waals surface area contributed by atoms with Gasteiger partial charge in [0, 0.05) is 36.6 Å². The number of nitrogens with two attached hydrogens (primary N) is 1. The number of nitrogens with zero attached hydrogens (tertiary/aromatic N) is 2. The second kappa shape index (κ2) is 7.55. The standard InChI is InChI=1S/C15H23N3OS/c1-2-13-11-18(8-9-20-13)14(10-15(16)17-19)12-6-4-3-5-7-12/h3-7,13-14,19H,2,8-11H2,1H3,(H2,16,17). The van der Waals surface area contributed by atoms with Gasteiger partial charge in [0.05, 0.1) is 0 Å². The minimum atomic E-state index is 0.196. The molecule has 4 nitrogen and oxygen atoms in total. The zero-order valence-corrected chi connectivity index (χ0v) is 12.7. The van der Waals surface area contributed by atoms with E-state index in [1.165, 1.54) is 12.0 Å². The normalized spacial score (nSPS) is 22.6. The van der Waals surface area contributed by atoms with Gasteiger partial charge >= 0.3 is 0 Å². The Morgan fingerprint density at radius 2 is 2.25 bits per heavy atom. The van der Waals surface area contributed by atoms with E-state index in [9.17, 15) is 0 Å². The topological polar surface area (TPSA) is 61.8 Å². The van der Waals surface area contributed by atoms with Crippen molar-refractivity contribution in [2.75, 3.05) is 18.8 Å². The lowest BCUT2D eigenvalue weighted by molar-refractivity contribution is 0.205. The minimum absolute atomic E-state index is 0.196. The predicted octanol–water partition coefficient (Wildman–Crippen LogP) is 2.69. The van der Waals surface area contributed by atoms with Crippen molar-refractivity contribution >= 4 is 17.6 Å². The Morgan fingerprint density at radius 1 is 1.50 bits per heavy atom. The van der Waals surface area contributed by atoms with Gasteiger partial charge in [0.2, 0.25) is 0 Å². The molecule has 0 bridgehead atoms. The lowest BCUT2D eigenvalue weighted by Gasteiger charge is -2.38. The molecule has 2 rings (SSSR count). The number of hydrogen-bond donors (Lipinski definition) is 2. The van der Waals surface area contributed by atoms with E-state index in [4.69, 9.17) is 10.9 Å². The molecule has 1 aromatic carbocycles. The van der Waals surface area contributed by atoms with Crippen molar-refractivity contribution in [3.8, 4) is 0 Å². The minimum Gasteiger partial charge on any atom is -0.409 e. The SMILES string of the molecule is CCC1CN(C(C/C(N)=N/O)c2ccccc2)CCS1.